The van der Waals surface area contributed by atoms with Crippen LogP contribution in [0.25, 0.3) is 6.08 Å². The number of nitrogens with zero attached hydrogens (tertiary/aromatic N) is 2. The van der Waals surface area contributed by atoms with Gasteiger partial charge in [0.15, 0.2) is 17.5 Å². The van der Waals surface area contributed by atoms with Gasteiger partial charge in [-0.15, -0.1) is 0 Å². The lowest BCUT2D eigenvalue weighted by atomic mass is 10.2. The first kappa shape index (κ1) is 18.7. The third-order valence-electron chi connectivity index (χ3n) is 3.36. The molecule has 1 aliphatic heterocycles. The van der Waals surface area contributed by atoms with Crippen LogP contribution in [-0.2, 0) is 10.0 Å². The van der Waals surface area contributed by atoms with Crippen molar-refractivity contribution >= 4 is 33.5 Å². The lowest BCUT2D eigenvalue weighted by Crippen LogP contribution is -2.42. The fourth-order valence-corrected chi connectivity index (χ4v) is 4.04. The molecule has 0 radical (unpaired) electrons. The molecule has 3 rings (SSSR count). The first-order valence-corrected chi connectivity index (χ1v) is 9.32. The lowest BCUT2D eigenvalue weighted by molar-refractivity contribution is 0.100. The van der Waals surface area contributed by atoms with E-state index in [0.717, 1.165) is 6.08 Å². The lowest BCUT2D eigenvalue weighted by Gasteiger charge is -2.25. The predicted octanol–water partition coefficient (Wildman–Crippen LogP) is 4.37. The van der Waals surface area contributed by atoms with E-state index in [1.807, 2.05) is 0 Å². The summed E-state index contributed by atoms with van der Waals surface area (Å²) in [6.07, 6.45) is 1.04. The second-order valence-corrected chi connectivity index (χ2v) is 7.71. The molecule has 0 saturated carbocycles. The van der Waals surface area contributed by atoms with Crippen LogP contribution in [0.4, 0.5) is 27.7 Å². The van der Waals surface area contributed by atoms with Gasteiger partial charge in [-0.1, -0.05) is 46.6 Å². The number of benzene rings is 2. The quantitative estimate of drug-likeness (QED) is 0.326. The Kier molecular flexibility index (Phi) is 4.95. The molecule has 2 aromatic carbocycles. The van der Waals surface area contributed by atoms with Crippen LogP contribution in [-0.4, -0.2) is 18.7 Å². The van der Waals surface area contributed by atoms with Gasteiger partial charge in [-0.05, 0) is 17.7 Å². The summed E-state index contributed by atoms with van der Waals surface area (Å²) >= 11 is 0.137. The molecular weight excluding hydrogens is 399 g/mol. The fraction of sp³-hybridized carbons (Fsp3) is 0.0667. The number of hydrogen-bond donors (Lipinski definition) is 0. The van der Waals surface area contributed by atoms with Crippen LogP contribution in [0.1, 0.15) is 5.56 Å². The molecule has 0 aromatic heterocycles. The van der Waals surface area contributed by atoms with E-state index in [1.54, 1.807) is 18.2 Å². The number of alkyl halides is 1. The normalized spacial score (nSPS) is 17.3. The van der Waals surface area contributed by atoms with Crippen LogP contribution in [0, 0.1) is 17.5 Å². The average molecular weight is 408 g/mol. The van der Waals surface area contributed by atoms with Crippen molar-refractivity contribution in [2.75, 3.05) is 5.01 Å². The van der Waals surface area contributed by atoms with Crippen LogP contribution >= 0.6 is 11.8 Å². The molecule has 138 valence electrons. The van der Waals surface area contributed by atoms with E-state index in [4.69, 9.17) is 0 Å². The number of anilines is 1. The third-order valence-corrected chi connectivity index (χ3v) is 5.39. The molecule has 1 aliphatic rings. The summed E-state index contributed by atoms with van der Waals surface area (Å²) in [5.41, 5.74) is -3.07. The zero-order valence-corrected chi connectivity index (χ0v) is 14.2. The Morgan fingerprint density at radius 2 is 1.77 bits per heavy atom. The van der Waals surface area contributed by atoms with Gasteiger partial charge in [0.1, 0.15) is 5.69 Å². The number of rotatable bonds is 4. The summed E-state index contributed by atoms with van der Waals surface area (Å²) in [5, 5.41) is 0.206. The Morgan fingerprint density at radius 3 is 2.42 bits per heavy atom. The molecule has 0 amide bonds. The summed E-state index contributed by atoms with van der Waals surface area (Å²) in [4.78, 5) is -0.473. The number of fused-ring (bicyclic) bond motifs is 1. The molecule has 0 fully saturated rings. The number of hydrogen-bond acceptors (Lipinski definition) is 4. The van der Waals surface area contributed by atoms with Crippen LogP contribution in [0.15, 0.2) is 46.7 Å². The Hall–Kier alpha value is -2.11. The SMILES string of the molecule is O=S(=O)(C=Cc1ccccc1)N(F)N1c2c(cc(F)c(F)c2F)SC1F. The molecule has 0 N–H and O–H groups in total. The van der Waals surface area contributed by atoms with Crippen LogP contribution in [0.2, 0.25) is 0 Å². The number of thioether (sulfide) groups is 1. The van der Waals surface area contributed by atoms with Crippen molar-refractivity contribution in [3.63, 3.8) is 0 Å². The van der Waals surface area contributed by atoms with E-state index in [1.165, 1.54) is 12.1 Å². The van der Waals surface area contributed by atoms with Gasteiger partial charge in [0.05, 0.1) is 10.0 Å². The maximum atomic E-state index is 14.4. The van der Waals surface area contributed by atoms with Crippen molar-refractivity contribution in [1.82, 2.24) is 4.64 Å². The van der Waals surface area contributed by atoms with E-state index in [2.05, 4.69) is 0 Å². The molecule has 1 unspecified atom stereocenters. The van der Waals surface area contributed by atoms with E-state index in [9.17, 15) is 30.5 Å². The second kappa shape index (κ2) is 6.89. The van der Waals surface area contributed by atoms with Crippen LogP contribution < -0.4 is 5.01 Å². The van der Waals surface area contributed by atoms with E-state index in [0.29, 0.717) is 17.0 Å². The molecule has 0 aliphatic carbocycles. The number of hydrazine groups is 1. The van der Waals surface area contributed by atoms with Crippen molar-refractivity contribution in [1.29, 1.82) is 0 Å². The Morgan fingerprint density at radius 1 is 1.12 bits per heavy atom. The van der Waals surface area contributed by atoms with Gasteiger partial charge >= 0.3 is 0 Å². The minimum atomic E-state index is -4.88. The van der Waals surface area contributed by atoms with Gasteiger partial charge in [0.25, 0.3) is 10.0 Å². The van der Waals surface area contributed by atoms with Crippen LogP contribution in [0.3, 0.4) is 0 Å². The predicted molar refractivity (Wildman–Crippen MR) is 86.9 cm³/mol. The van der Waals surface area contributed by atoms with E-state index in [-0.39, 0.29) is 16.8 Å². The number of sulfonamides is 1. The largest absolute Gasteiger partial charge is 0.280 e. The van der Waals surface area contributed by atoms with Crippen molar-refractivity contribution in [3.8, 4) is 0 Å². The molecule has 11 heteroatoms. The minimum absolute atomic E-state index is 0.137. The highest BCUT2D eigenvalue weighted by molar-refractivity contribution is 8.00. The first-order valence-electron chi connectivity index (χ1n) is 6.94. The molecule has 0 saturated heterocycles. The van der Waals surface area contributed by atoms with Gasteiger partial charge in [-0.3, -0.25) is 0 Å². The van der Waals surface area contributed by atoms with Crippen molar-refractivity contribution in [2.24, 2.45) is 0 Å². The molecule has 1 atom stereocenters. The van der Waals surface area contributed by atoms with Gasteiger partial charge in [0.2, 0.25) is 5.63 Å². The standard InChI is InChI=1S/C15H9F5N2O2S2/c16-10-8-11-14(13(18)12(10)17)21(15(19)25-11)22(20)26(23,24)7-6-9-4-2-1-3-5-9/h1-8,15H. The van der Waals surface area contributed by atoms with Gasteiger partial charge < -0.3 is 0 Å². The van der Waals surface area contributed by atoms with Gasteiger partial charge in [-0.2, -0.15) is 0 Å². The Labute approximate surface area is 149 Å². The monoisotopic (exact) mass is 408 g/mol. The average Bonchev–Trinajstić information content (AvgIpc) is 2.94. The Bertz CT molecular complexity index is 970. The van der Waals surface area contributed by atoms with Crippen molar-refractivity contribution < 1.29 is 30.5 Å². The van der Waals surface area contributed by atoms with Crippen molar-refractivity contribution in [2.45, 2.75) is 10.5 Å². The first-order chi connectivity index (χ1) is 12.2. The Balaban J connectivity index is 1.97. The highest BCUT2D eigenvalue weighted by Crippen LogP contribution is 2.48. The summed E-state index contributed by atoms with van der Waals surface area (Å²) < 4.78 is 92.1. The topological polar surface area (TPSA) is 40.6 Å². The summed E-state index contributed by atoms with van der Waals surface area (Å²) in [6.45, 7) is 0. The second-order valence-electron chi connectivity index (χ2n) is 5.04. The summed E-state index contributed by atoms with van der Waals surface area (Å²) in [6, 6.07) is 8.42. The van der Waals surface area contributed by atoms with E-state index >= 15 is 0 Å². The molecule has 26 heavy (non-hydrogen) atoms. The molecule has 4 nitrogen and oxygen atoms in total. The molecule has 0 spiro atoms. The zero-order chi connectivity index (χ0) is 19.1. The minimum Gasteiger partial charge on any atom is -0.217 e. The van der Waals surface area contributed by atoms with E-state index < -0.39 is 48.3 Å². The van der Waals surface area contributed by atoms with Crippen molar-refractivity contribution in [3.05, 3.63) is 64.8 Å². The number of halogens is 5. The molecule has 0 bridgehead atoms. The third kappa shape index (κ3) is 3.29. The fourth-order valence-electron chi connectivity index (χ4n) is 2.17. The van der Waals surface area contributed by atoms with Gasteiger partial charge in [0, 0.05) is 4.90 Å². The highest BCUT2D eigenvalue weighted by Gasteiger charge is 2.43. The maximum Gasteiger partial charge on any atom is 0.280 e. The summed E-state index contributed by atoms with van der Waals surface area (Å²) in [5.74, 6) is -5.45. The van der Waals surface area contributed by atoms with Crippen LogP contribution in [0.5, 0.6) is 0 Å². The summed E-state index contributed by atoms with van der Waals surface area (Å²) in [7, 11) is -4.88. The maximum absolute atomic E-state index is 14.4. The molecule has 2 aromatic rings. The highest BCUT2D eigenvalue weighted by atomic mass is 32.2. The molecular formula is C15H9F5N2O2S2. The smallest absolute Gasteiger partial charge is 0.217 e. The van der Waals surface area contributed by atoms with Gasteiger partial charge in [-0.25, -0.2) is 31.0 Å². The zero-order valence-electron chi connectivity index (χ0n) is 12.6. The molecule has 1 heterocycles.